The van der Waals surface area contributed by atoms with Gasteiger partial charge in [0.1, 0.15) is 5.69 Å². The second kappa shape index (κ2) is 6.70. The number of ether oxygens (including phenoxy) is 1. The highest BCUT2D eigenvalue weighted by molar-refractivity contribution is 9.10. The molecule has 1 atom stereocenters. The molecule has 16 heavy (non-hydrogen) atoms. The third-order valence-corrected chi connectivity index (χ3v) is 2.69. The van der Waals surface area contributed by atoms with Gasteiger partial charge in [0.2, 0.25) is 0 Å². The Bertz CT molecular complexity index is 332. The fourth-order valence-corrected chi connectivity index (χ4v) is 1.85. The van der Waals surface area contributed by atoms with E-state index in [9.17, 15) is 4.79 Å². The van der Waals surface area contributed by atoms with Gasteiger partial charge < -0.3 is 15.0 Å². The summed E-state index contributed by atoms with van der Waals surface area (Å²) in [5, 5.41) is 2.93. The molecule has 0 bridgehead atoms. The molecule has 1 heterocycles. The van der Waals surface area contributed by atoms with Crippen LogP contribution in [0, 0.1) is 0 Å². The summed E-state index contributed by atoms with van der Waals surface area (Å²) in [4.78, 5) is 14.7. The molecule has 2 N–H and O–H groups in total. The van der Waals surface area contributed by atoms with Crippen molar-refractivity contribution >= 4 is 21.8 Å². The van der Waals surface area contributed by atoms with Gasteiger partial charge in [0.05, 0.1) is 12.6 Å². The molecule has 0 aromatic carbocycles. The highest BCUT2D eigenvalue weighted by atomic mass is 79.9. The van der Waals surface area contributed by atoms with E-state index in [0.717, 1.165) is 17.3 Å². The van der Waals surface area contributed by atoms with Crippen molar-refractivity contribution in [2.75, 3.05) is 13.7 Å². The fraction of sp³-hybridized carbons (Fsp3) is 0.545. The summed E-state index contributed by atoms with van der Waals surface area (Å²) < 4.78 is 5.94. The third-order valence-electron chi connectivity index (χ3n) is 2.23. The summed E-state index contributed by atoms with van der Waals surface area (Å²) in [6.45, 7) is 2.63. The maximum Gasteiger partial charge on any atom is 0.268 e. The number of aromatic nitrogens is 1. The molecule has 90 valence electrons. The maximum absolute atomic E-state index is 11.8. The van der Waals surface area contributed by atoms with Gasteiger partial charge in [-0.15, -0.1) is 0 Å². The predicted molar refractivity (Wildman–Crippen MR) is 66.5 cm³/mol. The molecule has 1 amide bonds. The summed E-state index contributed by atoms with van der Waals surface area (Å²) in [5.74, 6) is -0.0961. The number of methoxy groups -OCH3 is 1. The van der Waals surface area contributed by atoms with Gasteiger partial charge in [-0.3, -0.25) is 4.79 Å². The van der Waals surface area contributed by atoms with Crippen molar-refractivity contribution in [2.45, 2.75) is 25.8 Å². The summed E-state index contributed by atoms with van der Waals surface area (Å²) in [6, 6.07) is 1.83. The van der Waals surface area contributed by atoms with Crippen molar-refractivity contribution in [1.82, 2.24) is 10.3 Å². The molecule has 1 aromatic rings. The van der Waals surface area contributed by atoms with E-state index < -0.39 is 0 Å². The number of amides is 1. The molecule has 0 saturated heterocycles. The number of aromatic amines is 1. The van der Waals surface area contributed by atoms with E-state index in [1.807, 2.05) is 0 Å². The first kappa shape index (κ1) is 13.3. The van der Waals surface area contributed by atoms with Crippen molar-refractivity contribution in [3.8, 4) is 0 Å². The van der Waals surface area contributed by atoms with E-state index in [1.54, 1.807) is 19.4 Å². The smallest absolute Gasteiger partial charge is 0.268 e. The Morgan fingerprint density at radius 1 is 1.69 bits per heavy atom. The van der Waals surface area contributed by atoms with E-state index in [2.05, 4.69) is 33.2 Å². The van der Waals surface area contributed by atoms with E-state index >= 15 is 0 Å². The number of hydrogen-bond acceptors (Lipinski definition) is 2. The van der Waals surface area contributed by atoms with Crippen molar-refractivity contribution in [3.63, 3.8) is 0 Å². The summed E-state index contributed by atoms with van der Waals surface area (Å²) in [6.07, 6.45) is 3.67. The standard InChI is InChI=1S/C11H17BrN2O2/c1-3-4-9(7-16-2)14-11(15)10-5-8(12)6-13-10/h5-6,9,13H,3-4,7H2,1-2H3,(H,14,15). The van der Waals surface area contributed by atoms with Crippen LogP contribution in [0.25, 0.3) is 0 Å². The highest BCUT2D eigenvalue weighted by Crippen LogP contribution is 2.10. The quantitative estimate of drug-likeness (QED) is 0.844. The monoisotopic (exact) mass is 288 g/mol. The Balaban J connectivity index is 2.54. The largest absolute Gasteiger partial charge is 0.383 e. The first-order valence-electron chi connectivity index (χ1n) is 5.31. The number of hydrogen-bond donors (Lipinski definition) is 2. The zero-order valence-corrected chi connectivity index (χ0v) is 11.1. The Labute approximate surface area is 104 Å². The van der Waals surface area contributed by atoms with Crippen LogP contribution in [0.1, 0.15) is 30.3 Å². The summed E-state index contributed by atoms with van der Waals surface area (Å²) in [7, 11) is 1.64. The van der Waals surface area contributed by atoms with Crippen LogP contribution in [0.15, 0.2) is 16.7 Å². The van der Waals surface area contributed by atoms with Gasteiger partial charge in [0.15, 0.2) is 0 Å². The summed E-state index contributed by atoms with van der Waals surface area (Å²) in [5.41, 5.74) is 0.559. The van der Waals surface area contributed by atoms with Crippen molar-refractivity contribution in [3.05, 3.63) is 22.4 Å². The zero-order valence-electron chi connectivity index (χ0n) is 9.55. The molecule has 1 rings (SSSR count). The molecule has 0 aliphatic heterocycles. The lowest BCUT2D eigenvalue weighted by atomic mass is 10.2. The lowest BCUT2D eigenvalue weighted by Crippen LogP contribution is -2.38. The minimum Gasteiger partial charge on any atom is -0.383 e. The Morgan fingerprint density at radius 3 is 2.94 bits per heavy atom. The molecule has 5 heteroatoms. The Hall–Kier alpha value is -0.810. The van der Waals surface area contributed by atoms with Crippen LogP contribution in [0.4, 0.5) is 0 Å². The Kier molecular flexibility index (Phi) is 5.55. The first-order chi connectivity index (χ1) is 7.67. The van der Waals surface area contributed by atoms with E-state index in [1.165, 1.54) is 0 Å². The molecule has 4 nitrogen and oxygen atoms in total. The van der Waals surface area contributed by atoms with Crippen LogP contribution in [0.2, 0.25) is 0 Å². The molecule has 1 unspecified atom stereocenters. The molecule has 0 fully saturated rings. The molecular weight excluding hydrogens is 272 g/mol. The lowest BCUT2D eigenvalue weighted by molar-refractivity contribution is 0.0887. The average molecular weight is 289 g/mol. The van der Waals surface area contributed by atoms with Crippen LogP contribution >= 0.6 is 15.9 Å². The van der Waals surface area contributed by atoms with Gasteiger partial charge in [-0.2, -0.15) is 0 Å². The van der Waals surface area contributed by atoms with Crippen molar-refractivity contribution in [1.29, 1.82) is 0 Å². The van der Waals surface area contributed by atoms with E-state index in [-0.39, 0.29) is 11.9 Å². The predicted octanol–water partition coefficient (Wildman–Crippen LogP) is 2.32. The highest BCUT2D eigenvalue weighted by Gasteiger charge is 2.13. The van der Waals surface area contributed by atoms with Crippen molar-refractivity contribution < 1.29 is 9.53 Å². The minimum atomic E-state index is -0.0961. The number of carbonyl (C=O) groups is 1. The third kappa shape index (κ3) is 3.98. The molecule has 0 aliphatic rings. The number of rotatable bonds is 6. The maximum atomic E-state index is 11.8. The van der Waals surface area contributed by atoms with Gasteiger partial charge in [-0.1, -0.05) is 13.3 Å². The molecule has 1 aromatic heterocycles. The van der Waals surface area contributed by atoms with Crippen LogP contribution in [0.5, 0.6) is 0 Å². The normalized spacial score (nSPS) is 12.4. The minimum absolute atomic E-state index is 0.0737. The SMILES string of the molecule is CCCC(COC)NC(=O)c1cc(Br)c[nH]1. The van der Waals surface area contributed by atoms with Gasteiger partial charge in [0.25, 0.3) is 5.91 Å². The summed E-state index contributed by atoms with van der Waals surface area (Å²) >= 11 is 3.29. The van der Waals surface area contributed by atoms with Crippen molar-refractivity contribution in [2.24, 2.45) is 0 Å². The molecule has 0 radical (unpaired) electrons. The topological polar surface area (TPSA) is 54.1 Å². The molecular formula is C11H17BrN2O2. The van der Waals surface area contributed by atoms with Gasteiger partial charge in [-0.25, -0.2) is 0 Å². The van der Waals surface area contributed by atoms with Crippen LogP contribution in [-0.4, -0.2) is 30.6 Å². The number of carbonyl (C=O) groups excluding carboxylic acids is 1. The van der Waals surface area contributed by atoms with E-state index in [4.69, 9.17) is 4.74 Å². The van der Waals surface area contributed by atoms with Crippen LogP contribution < -0.4 is 5.32 Å². The second-order valence-electron chi connectivity index (χ2n) is 3.65. The second-order valence-corrected chi connectivity index (χ2v) is 4.56. The molecule has 0 saturated carbocycles. The Morgan fingerprint density at radius 2 is 2.44 bits per heavy atom. The fourth-order valence-electron chi connectivity index (χ4n) is 1.51. The van der Waals surface area contributed by atoms with E-state index in [0.29, 0.717) is 12.3 Å². The lowest BCUT2D eigenvalue weighted by Gasteiger charge is -2.16. The van der Waals surface area contributed by atoms with Gasteiger partial charge in [0, 0.05) is 17.8 Å². The molecule has 0 spiro atoms. The number of H-pyrrole nitrogens is 1. The molecule has 0 aliphatic carbocycles. The zero-order chi connectivity index (χ0) is 12.0. The van der Waals surface area contributed by atoms with Gasteiger partial charge in [-0.05, 0) is 28.4 Å². The van der Waals surface area contributed by atoms with Crippen LogP contribution in [-0.2, 0) is 4.74 Å². The number of halogens is 1. The van der Waals surface area contributed by atoms with Gasteiger partial charge >= 0.3 is 0 Å². The first-order valence-corrected chi connectivity index (χ1v) is 6.10. The van der Waals surface area contributed by atoms with Crippen LogP contribution in [0.3, 0.4) is 0 Å². The number of nitrogens with one attached hydrogen (secondary N) is 2. The average Bonchev–Trinajstić information content (AvgIpc) is 2.65.